The molecule has 1 saturated carbocycles. The summed E-state index contributed by atoms with van der Waals surface area (Å²) < 4.78 is 65.7. The summed E-state index contributed by atoms with van der Waals surface area (Å²) in [4.78, 5) is 37.5. The number of phosphoric ester groups is 1. The smallest absolute Gasteiger partial charge is 0.463 e. The highest BCUT2D eigenvalue weighted by molar-refractivity contribution is 7.47. The van der Waals surface area contributed by atoms with Gasteiger partial charge < -0.3 is 89.1 Å². The highest BCUT2D eigenvalue weighted by Crippen LogP contribution is 2.49. The number of hydrogen-bond acceptors (Lipinski definition) is 22. The molecule has 2 aliphatic heterocycles. The maximum Gasteiger partial charge on any atom is 0.472 e. The van der Waals surface area contributed by atoms with Crippen molar-refractivity contribution in [1.29, 1.82) is 0 Å². The maximum absolute atomic E-state index is 14.3. The Morgan fingerprint density at radius 2 is 0.710 bits per heavy atom. The lowest BCUT2D eigenvalue weighted by atomic mass is 9.84. The molecule has 0 amide bonds. The van der Waals surface area contributed by atoms with E-state index in [4.69, 9.17) is 42.2 Å². The molecule has 3 aliphatic rings. The van der Waals surface area contributed by atoms with Crippen LogP contribution in [0.3, 0.4) is 0 Å². The molecule has 1 aliphatic carbocycles. The summed E-state index contributed by atoms with van der Waals surface area (Å²) in [5.41, 5.74) is 0. The second kappa shape index (κ2) is 52.5. The van der Waals surface area contributed by atoms with E-state index in [1.54, 1.807) is 0 Å². The van der Waals surface area contributed by atoms with E-state index < -0.39 is 144 Å². The van der Waals surface area contributed by atoms with Gasteiger partial charge in [-0.2, -0.15) is 0 Å². The number of carbonyl (C=O) groups is 2. The SMILES string of the molecule is CCCCCCCCCCCCCCCCO[C@H](COC(=O)CCCCCCCCCCCCCCC)COP(=O)(O)O[C@@H]1C(O[C@H]2OC(COC(=O)CCCCCCCCCCCCCCC)[C@@H](O)[C@H](O)C2O)C(O)[C@@H](O)[C@H](O)C1O[C@H]1OC(CO)[C@@H](O)C(O)[C@H]1O. The standard InChI is InChI=1S/C69H131O23P/c1-4-7-10-13-16-19-22-25-28-31-34-37-40-43-46-84-51(48-85-54(71)44-41-38-35-32-29-26-23-20-17-14-11-8-5-2)49-87-93(82,83)92-67-65(90-68-63(80)58(75)56(73)52(47-70)88-68)61(78)60(77)62(79)66(67)91-69-64(81)59(76)57(74)53(89-69)50-86-55(72)45-42-39-36-33-30-27-24-21-18-15-12-9-6-3/h51-53,56-70,73-81H,4-50H2,1-3H3,(H,82,83)/t51-,52?,53?,56-,57-,58?,59+,60+,61+,62?,63-,64?,65?,66?,67+,68-,69-/m1/s1. The van der Waals surface area contributed by atoms with Gasteiger partial charge in [0.1, 0.15) is 105 Å². The zero-order valence-electron chi connectivity index (χ0n) is 57.3. The molecule has 0 bridgehead atoms. The average Bonchev–Trinajstić information content (AvgIpc) is 0.788. The lowest BCUT2D eigenvalue weighted by molar-refractivity contribution is -0.360. The lowest BCUT2D eigenvalue weighted by Gasteiger charge is -2.49. The number of carbonyl (C=O) groups excluding carboxylic acids is 2. The van der Waals surface area contributed by atoms with Gasteiger partial charge >= 0.3 is 19.8 Å². The first kappa shape index (κ1) is 85.7. The molecule has 18 atom stereocenters. The minimum absolute atomic E-state index is 0.0510. The Kier molecular flexibility index (Phi) is 48.3. The maximum atomic E-state index is 14.3. The molecule has 93 heavy (non-hydrogen) atoms. The summed E-state index contributed by atoms with van der Waals surface area (Å²) in [6.45, 7) is 4.16. The first-order valence-corrected chi connectivity index (χ1v) is 38.3. The number of phosphoric acid groups is 1. The normalized spacial score (nSPS) is 28.5. The van der Waals surface area contributed by atoms with E-state index >= 15 is 0 Å². The zero-order valence-corrected chi connectivity index (χ0v) is 58.2. The number of unbranched alkanes of at least 4 members (excludes halogenated alkanes) is 37. The van der Waals surface area contributed by atoms with Crippen molar-refractivity contribution in [2.24, 2.45) is 0 Å². The van der Waals surface area contributed by atoms with Crippen molar-refractivity contribution in [2.45, 2.75) is 395 Å². The van der Waals surface area contributed by atoms with Gasteiger partial charge in [-0.05, 0) is 19.3 Å². The molecule has 0 spiro atoms. The Morgan fingerprint density at radius 1 is 0.387 bits per heavy atom. The van der Waals surface area contributed by atoms with Crippen LogP contribution in [0.5, 0.6) is 0 Å². The van der Waals surface area contributed by atoms with Crippen LogP contribution < -0.4 is 0 Å². The molecule has 24 heteroatoms. The summed E-state index contributed by atoms with van der Waals surface area (Å²) in [5.74, 6) is -1.13. The number of aliphatic hydroxyl groups is 10. The van der Waals surface area contributed by atoms with E-state index in [0.717, 1.165) is 77.0 Å². The van der Waals surface area contributed by atoms with Crippen LogP contribution in [-0.2, 0) is 56.4 Å². The molecular weight excluding hydrogens is 1230 g/mol. The summed E-state index contributed by atoms with van der Waals surface area (Å²) in [7, 11) is -5.56. The molecule has 2 saturated heterocycles. The predicted molar refractivity (Wildman–Crippen MR) is 351 cm³/mol. The quantitative estimate of drug-likeness (QED) is 0.0153. The Balaban J connectivity index is 1.72. The molecule has 0 radical (unpaired) electrons. The number of hydrogen-bond donors (Lipinski definition) is 11. The molecule has 0 aromatic heterocycles. The number of aliphatic hydroxyl groups excluding tert-OH is 10. The van der Waals surface area contributed by atoms with Crippen LogP contribution in [0.2, 0.25) is 0 Å². The summed E-state index contributed by atoms with van der Waals surface area (Å²) in [6, 6.07) is 0. The van der Waals surface area contributed by atoms with Gasteiger partial charge in [-0.1, -0.05) is 258 Å². The fraction of sp³-hybridized carbons (Fsp3) is 0.971. The molecular formula is C69H131O23P. The molecule has 3 rings (SSSR count). The fourth-order valence-electron chi connectivity index (χ4n) is 12.4. The van der Waals surface area contributed by atoms with Crippen molar-refractivity contribution >= 4 is 19.8 Å². The predicted octanol–water partition coefficient (Wildman–Crippen LogP) is 9.88. The van der Waals surface area contributed by atoms with Gasteiger partial charge in [-0.3, -0.25) is 18.6 Å². The van der Waals surface area contributed by atoms with Crippen LogP contribution in [0.1, 0.15) is 290 Å². The van der Waals surface area contributed by atoms with Crippen molar-refractivity contribution < 1.29 is 112 Å². The van der Waals surface area contributed by atoms with Gasteiger partial charge in [0, 0.05) is 19.4 Å². The van der Waals surface area contributed by atoms with Crippen LogP contribution in [0, 0.1) is 0 Å². The van der Waals surface area contributed by atoms with E-state index in [-0.39, 0.29) is 26.1 Å². The Labute approximate surface area is 557 Å². The van der Waals surface area contributed by atoms with Crippen LogP contribution in [0.4, 0.5) is 0 Å². The number of esters is 2. The fourth-order valence-corrected chi connectivity index (χ4v) is 13.4. The van der Waals surface area contributed by atoms with Gasteiger partial charge in [0.05, 0.1) is 13.2 Å². The van der Waals surface area contributed by atoms with E-state index in [9.17, 15) is 70.1 Å². The van der Waals surface area contributed by atoms with Crippen molar-refractivity contribution in [1.82, 2.24) is 0 Å². The van der Waals surface area contributed by atoms with Gasteiger partial charge in [-0.15, -0.1) is 0 Å². The average molecular weight is 1360 g/mol. The molecule has 0 aromatic rings. The zero-order chi connectivity index (χ0) is 68.1. The second-order valence-corrected chi connectivity index (χ2v) is 28.1. The van der Waals surface area contributed by atoms with Crippen LogP contribution in [-0.4, -0.2) is 205 Å². The topological polar surface area (TPSA) is 357 Å². The van der Waals surface area contributed by atoms with Crippen molar-refractivity contribution in [2.75, 3.05) is 33.0 Å². The first-order valence-electron chi connectivity index (χ1n) is 36.8. The Bertz CT molecular complexity index is 1880. The third-order valence-corrected chi connectivity index (χ3v) is 19.4. The minimum Gasteiger partial charge on any atom is -0.463 e. The minimum atomic E-state index is -5.56. The summed E-state index contributed by atoms with van der Waals surface area (Å²) in [5, 5.41) is 110. The molecule has 3 fully saturated rings. The molecule has 11 N–H and O–H groups in total. The molecule has 0 aromatic carbocycles. The molecule has 8 unspecified atom stereocenters. The highest BCUT2D eigenvalue weighted by atomic mass is 31.2. The van der Waals surface area contributed by atoms with Gasteiger partial charge in [0.2, 0.25) is 0 Å². The summed E-state index contributed by atoms with van der Waals surface area (Å²) in [6.07, 6.45) is 11.1. The van der Waals surface area contributed by atoms with Crippen molar-refractivity contribution in [3.8, 4) is 0 Å². The third-order valence-electron chi connectivity index (χ3n) is 18.5. The number of rotatable bonds is 58. The summed E-state index contributed by atoms with van der Waals surface area (Å²) >= 11 is 0. The second-order valence-electron chi connectivity index (χ2n) is 26.7. The van der Waals surface area contributed by atoms with E-state index in [1.807, 2.05) is 0 Å². The van der Waals surface area contributed by atoms with Crippen LogP contribution in [0.25, 0.3) is 0 Å². The Hall–Kier alpha value is -1.55. The van der Waals surface area contributed by atoms with E-state index in [1.165, 1.54) is 161 Å². The van der Waals surface area contributed by atoms with Crippen molar-refractivity contribution in [3.05, 3.63) is 0 Å². The van der Waals surface area contributed by atoms with Crippen LogP contribution >= 0.6 is 7.82 Å². The Morgan fingerprint density at radius 3 is 1.09 bits per heavy atom. The number of ether oxygens (including phenoxy) is 7. The van der Waals surface area contributed by atoms with Crippen LogP contribution in [0.15, 0.2) is 0 Å². The van der Waals surface area contributed by atoms with E-state index in [2.05, 4.69) is 20.8 Å². The van der Waals surface area contributed by atoms with Crippen molar-refractivity contribution in [3.63, 3.8) is 0 Å². The molecule has 550 valence electrons. The van der Waals surface area contributed by atoms with Gasteiger partial charge in [0.15, 0.2) is 12.6 Å². The first-order chi connectivity index (χ1) is 44.9. The van der Waals surface area contributed by atoms with Gasteiger partial charge in [-0.25, -0.2) is 4.57 Å². The highest BCUT2D eigenvalue weighted by Gasteiger charge is 2.58. The molecule has 2 heterocycles. The lowest BCUT2D eigenvalue weighted by Crippen LogP contribution is -2.69. The monoisotopic (exact) mass is 1360 g/mol. The van der Waals surface area contributed by atoms with E-state index in [0.29, 0.717) is 19.3 Å². The molecule has 23 nitrogen and oxygen atoms in total. The third kappa shape index (κ3) is 35.9. The largest absolute Gasteiger partial charge is 0.472 e. The van der Waals surface area contributed by atoms with Gasteiger partial charge in [0.25, 0.3) is 0 Å².